The van der Waals surface area contributed by atoms with E-state index < -0.39 is 0 Å². The van der Waals surface area contributed by atoms with Gasteiger partial charge in [0.15, 0.2) is 0 Å². The van der Waals surface area contributed by atoms with E-state index in [2.05, 4.69) is 40.2 Å². The minimum absolute atomic E-state index is 0.227. The van der Waals surface area contributed by atoms with Crippen molar-refractivity contribution in [2.45, 2.75) is 18.1 Å². The van der Waals surface area contributed by atoms with Crippen LogP contribution in [0.3, 0.4) is 0 Å². The van der Waals surface area contributed by atoms with Crippen molar-refractivity contribution in [3.8, 4) is 0 Å². The SMILES string of the molecule is COCC(CSC(C)CO)c1ccc(Br)cc1. The first-order valence-electron chi connectivity index (χ1n) is 5.64. The fraction of sp³-hybridized carbons (Fsp3) is 0.538. The first kappa shape index (κ1) is 15.0. The van der Waals surface area contributed by atoms with Crippen LogP contribution in [0.5, 0.6) is 0 Å². The number of hydrogen-bond acceptors (Lipinski definition) is 3. The molecule has 1 rings (SSSR count). The Kier molecular flexibility index (Phi) is 7.19. The summed E-state index contributed by atoms with van der Waals surface area (Å²) < 4.78 is 6.36. The van der Waals surface area contributed by atoms with Gasteiger partial charge in [-0.25, -0.2) is 0 Å². The molecule has 0 heterocycles. The molecule has 0 fully saturated rings. The molecule has 1 aromatic rings. The largest absolute Gasteiger partial charge is 0.395 e. The molecule has 0 aliphatic heterocycles. The van der Waals surface area contributed by atoms with E-state index in [-0.39, 0.29) is 11.9 Å². The van der Waals surface area contributed by atoms with Gasteiger partial charge in [-0.3, -0.25) is 0 Å². The van der Waals surface area contributed by atoms with Gasteiger partial charge in [-0.1, -0.05) is 35.0 Å². The number of methoxy groups -OCH3 is 1. The lowest BCUT2D eigenvalue weighted by Gasteiger charge is -2.18. The van der Waals surface area contributed by atoms with Gasteiger partial charge in [0.2, 0.25) is 0 Å². The Hall–Kier alpha value is -0.0300. The highest BCUT2D eigenvalue weighted by molar-refractivity contribution is 9.10. The van der Waals surface area contributed by atoms with Crippen LogP contribution in [0.2, 0.25) is 0 Å². The van der Waals surface area contributed by atoms with Crippen LogP contribution in [0.25, 0.3) is 0 Å². The maximum Gasteiger partial charge on any atom is 0.0547 e. The topological polar surface area (TPSA) is 29.5 Å². The predicted molar refractivity (Wildman–Crippen MR) is 77.8 cm³/mol. The molecule has 0 bridgehead atoms. The summed E-state index contributed by atoms with van der Waals surface area (Å²) in [6, 6.07) is 8.35. The lowest BCUT2D eigenvalue weighted by molar-refractivity contribution is 0.185. The summed E-state index contributed by atoms with van der Waals surface area (Å²) in [5, 5.41) is 9.31. The minimum Gasteiger partial charge on any atom is -0.395 e. The van der Waals surface area contributed by atoms with Gasteiger partial charge < -0.3 is 9.84 Å². The summed E-state index contributed by atoms with van der Waals surface area (Å²) in [5.41, 5.74) is 1.28. The van der Waals surface area contributed by atoms with E-state index in [1.807, 2.05) is 6.92 Å². The summed E-state index contributed by atoms with van der Waals surface area (Å²) in [7, 11) is 1.73. The average molecular weight is 319 g/mol. The fourth-order valence-corrected chi connectivity index (χ4v) is 2.73. The smallest absolute Gasteiger partial charge is 0.0547 e. The number of thioether (sulfide) groups is 1. The van der Waals surface area contributed by atoms with Crippen molar-refractivity contribution >= 4 is 27.7 Å². The molecule has 2 unspecified atom stereocenters. The third kappa shape index (κ3) is 5.42. The van der Waals surface area contributed by atoms with Crippen LogP contribution in [0.4, 0.5) is 0 Å². The molecule has 0 saturated carbocycles. The van der Waals surface area contributed by atoms with Gasteiger partial charge in [-0.2, -0.15) is 11.8 Å². The van der Waals surface area contributed by atoms with Crippen LogP contribution in [-0.2, 0) is 4.74 Å². The van der Waals surface area contributed by atoms with Gasteiger partial charge in [-0.05, 0) is 17.7 Å². The predicted octanol–water partition coefficient (Wildman–Crippen LogP) is 3.29. The zero-order valence-corrected chi connectivity index (χ0v) is 12.6. The minimum atomic E-state index is 0.227. The summed E-state index contributed by atoms with van der Waals surface area (Å²) in [5.74, 6) is 1.35. The van der Waals surface area contributed by atoms with Crippen molar-refractivity contribution in [3.63, 3.8) is 0 Å². The van der Waals surface area contributed by atoms with Gasteiger partial charge in [0.1, 0.15) is 0 Å². The number of halogens is 1. The second-order valence-electron chi connectivity index (χ2n) is 4.03. The van der Waals surface area contributed by atoms with Gasteiger partial charge in [0, 0.05) is 28.5 Å². The van der Waals surface area contributed by atoms with Crippen molar-refractivity contribution in [3.05, 3.63) is 34.3 Å². The molecule has 1 N–H and O–H groups in total. The lowest BCUT2D eigenvalue weighted by atomic mass is 10.0. The zero-order chi connectivity index (χ0) is 12.7. The highest BCUT2D eigenvalue weighted by Crippen LogP contribution is 2.25. The van der Waals surface area contributed by atoms with Crippen LogP contribution < -0.4 is 0 Å². The van der Waals surface area contributed by atoms with E-state index in [0.717, 1.165) is 10.2 Å². The normalized spacial score (nSPS) is 14.6. The Morgan fingerprint density at radius 3 is 2.53 bits per heavy atom. The van der Waals surface area contributed by atoms with Gasteiger partial charge >= 0.3 is 0 Å². The Morgan fingerprint density at radius 1 is 1.35 bits per heavy atom. The first-order chi connectivity index (χ1) is 8.17. The van der Waals surface area contributed by atoms with Crippen LogP contribution in [0, 0.1) is 0 Å². The Balaban J connectivity index is 2.61. The monoisotopic (exact) mass is 318 g/mol. The molecule has 0 saturated heterocycles. The lowest BCUT2D eigenvalue weighted by Crippen LogP contribution is -2.12. The molecule has 0 amide bonds. The van der Waals surface area contributed by atoms with Crippen LogP contribution in [0.1, 0.15) is 18.4 Å². The van der Waals surface area contributed by atoms with Crippen molar-refractivity contribution in [2.75, 3.05) is 26.1 Å². The van der Waals surface area contributed by atoms with Crippen LogP contribution in [-0.4, -0.2) is 36.4 Å². The molecular weight excluding hydrogens is 300 g/mol. The van der Waals surface area contributed by atoms with Crippen molar-refractivity contribution in [1.82, 2.24) is 0 Å². The Labute approximate surface area is 116 Å². The second kappa shape index (κ2) is 8.14. The molecule has 1 aromatic carbocycles. The molecule has 0 aromatic heterocycles. The molecule has 96 valence electrons. The quantitative estimate of drug-likeness (QED) is 0.836. The summed E-state index contributed by atoms with van der Waals surface area (Å²) >= 11 is 5.22. The molecule has 17 heavy (non-hydrogen) atoms. The van der Waals surface area contributed by atoms with Crippen LogP contribution in [0.15, 0.2) is 28.7 Å². The van der Waals surface area contributed by atoms with E-state index in [1.54, 1.807) is 18.9 Å². The van der Waals surface area contributed by atoms with Gasteiger partial charge in [-0.15, -0.1) is 0 Å². The number of benzene rings is 1. The summed E-state index contributed by atoms with van der Waals surface area (Å²) in [6.07, 6.45) is 0. The molecule has 4 heteroatoms. The number of ether oxygens (including phenoxy) is 1. The maximum atomic E-state index is 9.03. The van der Waals surface area contributed by atoms with Gasteiger partial charge in [0.25, 0.3) is 0 Å². The zero-order valence-electron chi connectivity index (χ0n) is 10.2. The molecule has 0 radical (unpaired) electrons. The Morgan fingerprint density at radius 2 is 2.00 bits per heavy atom. The Bertz CT molecular complexity index is 316. The highest BCUT2D eigenvalue weighted by atomic mass is 79.9. The number of hydrogen-bond donors (Lipinski definition) is 1. The molecule has 0 spiro atoms. The average Bonchev–Trinajstić information content (AvgIpc) is 2.35. The highest BCUT2D eigenvalue weighted by Gasteiger charge is 2.13. The number of aliphatic hydroxyl groups excluding tert-OH is 1. The third-order valence-electron chi connectivity index (χ3n) is 2.55. The molecule has 0 aliphatic rings. The molecule has 0 aliphatic carbocycles. The van der Waals surface area contributed by atoms with E-state index in [1.165, 1.54) is 5.56 Å². The second-order valence-corrected chi connectivity index (χ2v) is 6.42. The molecular formula is C13H19BrO2S. The van der Waals surface area contributed by atoms with Crippen LogP contribution >= 0.6 is 27.7 Å². The maximum absolute atomic E-state index is 9.03. The van der Waals surface area contributed by atoms with E-state index >= 15 is 0 Å². The van der Waals surface area contributed by atoms with Crippen molar-refractivity contribution < 1.29 is 9.84 Å². The first-order valence-corrected chi connectivity index (χ1v) is 7.48. The number of rotatable bonds is 7. The van der Waals surface area contributed by atoms with E-state index in [9.17, 15) is 0 Å². The van der Waals surface area contributed by atoms with Gasteiger partial charge in [0.05, 0.1) is 13.2 Å². The molecule has 2 atom stereocenters. The van der Waals surface area contributed by atoms with Crippen molar-refractivity contribution in [2.24, 2.45) is 0 Å². The van der Waals surface area contributed by atoms with E-state index in [0.29, 0.717) is 12.5 Å². The summed E-state index contributed by atoms with van der Waals surface area (Å²) in [4.78, 5) is 0. The standard InChI is InChI=1S/C13H19BrO2S/c1-10(7-15)17-9-12(8-16-2)11-3-5-13(14)6-4-11/h3-6,10,12,15H,7-9H2,1-2H3. The van der Waals surface area contributed by atoms with Crippen molar-refractivity contribution in [1.29, 1.82) is 0 Å². The fourth-order valence-electron chi connectivity index (χ4n) is 1.51. The molecule has 2 nitrogen and oxygen atoms in total. The van der Waals surface area contributed by atoms with E-state index in [4.69, 9.17) is 9.84 Å². The summed E-state index contributed by atoms with van der Waals surface area (Å²) in [6.45, 7) is 2.98. The third-order valence-corrected chi connectivity index (χ3v) is 4.39. The number of aliphatic hydroxyl groups is 1.